The lowest BCUT2D eigenvalue weighted by molar-refractivity contribution is 0.0953. The van der Waals surface area contributed by atoms with Crippen molar-refractivity contribution >= 4 is 16.9 Å². The van der Waals surface area contributed by atoms with Crippen LogP contribution >= 0.6 is 0 Å². The van der Waals surface area contributed by atoms with E-state index < -0.39 is 5.91 Å². The van der Waals surface area contributed by atoms with E-state index in [9.17, 15) is 4.79 Å². The summed E-state index contributed by atoms with van der Waals surface area (Å²) in [5.41, 5.74) is 4.08. The summed E-state index contributed by atoms with van der Waals surface area (Å²) in [5.74, 6) is 5.93. The largest absolute Gasteiger partial charge is 0.497 e. The molecule has 0 spiro atoms. The van der Waals surface area contributed by atoms with Gasteiger partial charge in [0.2, 0.25) is 5.88 Å². The standard InChI is InChI=1S/C16H17N5O3/c1-23-12-5-3-10(4-6-12)9-21-14-13(16(20-21)24-2)7-11(8-18-14)15(22)19-17/h3-8H,9,17H2,1-2H3,(H,19,22). The Hall–Kier alpha value is -3.13. The van der Waals surface area contributed by atoms with Gasteiger partial charge in [0.05, 0.1) is 31.7 Å². The van der Waals surface area contributed by atoms with E-state index in [0.717, 1.165) is 11.3 Å². The van der Waals surface area contributed by atoms with E-state index >= 15 is 0 Å². The molecule has 8 heteroatoms. The molecule has 2 aromatic heterocycles. The number of amides is 1. The molecule has 3 aromatic rings. The third-order valence-electron chi connectivity index (χ3n) is 3.63. The predicted molar refractivity (Wildman–Crippen MR) is 87.8 cm³/mol. The van der Waals surface area contributed by atoms with Gasteiger partial charge < -0.3 is 9.47 Å². The average Bonchev–Trinajstić information content (AvgIpc) is 2.98. The number of nitrogens with zero attached hydrogens (tertiary/aromatic N) is 3. The molecule has 24 heavy (non-hydrogen) atoms. The van der Waals surface area contributed by atoms with Gasteiger partial charge in [-0.15, -0.1) is 5.10 Å². The molecular weight excluding hydrogens is 310 g/mol. The number of carbonyl (C=O) groups excluding carboxylic acids is 1. The minimum atomic E-state index is -0.422. The molecular formula is C16H17N5O3. The fourth-order valence-electron chi connectivity index (χ4n) is 2.40. The number of aromatic nitrogens is 3. The van der Waals surface area contributed by atoms with E-state index in [1.807, 2.05) is 24.3 Å². The second-order valence-corrected chi connectivity index (χ2v) is 5.08. The van der Waals surface area contributed by atoms with Gasteiger partial charge in [0.1, 0.15) is 5.75 Å². The number of benzene rings is 1. The monoisotopic (exact) mass is 327 g/mol. The topological polar surface area (TPSA) is 104 Å². The first-order chi connectivity index (χ1) is 11.7. The Morgan fingerprint density at radius 2 is 2.00 bits per heavy atom. The predicted octanol–water partition coefficient (Wildman–Crippen LogP) is 1.10. The zero-order chi connectivity index (χ0) is 17.1. The molecule has 8 nitrogen and oxygen atoms in total. The van der Waals surface area contributed by atoms with Gasteiger partial charge in [0.15, 0.2) is 5.65 Å². The normalized spacial score (nSPS) is 10.6. The van der Waals surface area contributed by atoms with Crippen molar-refractivity contribution in [1.82, 2.24) is 20.2 Å². The van der Waals surface area contributed by atoms with Crippen LogP contribution in [0, 0.1) is 0 Å². The van der Waals surface area contributed by atoms with Crippen LogP contribution in [0.3, 0.4) is 0 Å². The molecule has 3 rings (SSSR count). The van der Waals surface area contributed by atoms with Crippen LogP contribution in [0.15, 0.2) is 36.5 Å². The number of rotatable bonds is 5. The van der Waals surface area contributed by atoms with E-state index in [1.165, 1.54) is 13.3 Å². The Labute approximate surface area is 138 Å². The van der Waals surface area contributed by atoms with Crippen molar-refractivity contribution in [2.45, 2.75) is 6.54 Å². The van der Waals surface area contributed by atoms with E-state index in [0.29, 0.717) is 29.0 Å². The fraction of sp³-hybridized carbons (Fsp3) is 0.188. The molecule has 0 aliphatic heterocycles. The van der Waals surface area contributed by atoms with Crippen LogP contribution in [0.1, 0.15) is 15.9 Å². The highest BCUT2D eigenvalue weighted by molar-refractivity contribution is 5.97. The first kappa shape index (κ1) is 15.8. The van der Waals surface area contributed by atoms with Gasteiger partial charge in [-0.3, -0.25) is 10.2 Å². The smallest absolute Gasteiger partial charge is 0.266 e. The summed E-state index contributed by atoms with van der Waals surface area (Å²) in [6.07, 6.45) is 1.45. The minimum absolute atomic E-state index is 0.340. The highest BCUT2D eigenvalue weighted by atomic mass is 16.5. The molecule has 0 saturated carbocycles. The lowest BCUT2D eigenvalue weighted by Crippen LogP contribution is -2.30. The SMILES string of the molecule is COc1ccc(Cn2nc(OC)c3cc(C(=O)NN)cnc32)cc1. The summed E-state index contributed by atoms with van der Waals surface area (Å²) in [6.45, 7) is 0.513. The number of nitrogen functional groups attached to an aromatic ring is 1. The summed E-state index contributed by atoms with van der Waals surface area (Å²) in [7, 11) is 3.15. The van der Waals surface area contributed by atoms with Crippen LogP contribution < -0.4 is 20.7 Å². The molecule has 0 fully saturated rings. The highest BCUT2D eigenvalue weighted by Gasteiger charge is 2.15. The molecule has 0 aliphatic carbocycles. The number of ether oxygens (including phenoxy) is 2. The summed E-state index contributed by atoms with van der Waals surface area (Å²) in [4.78, 5) is 16.0. The summed E-state index contributed by atoms with van der Waals surface area (Å²) in [6, 6.07) is 9.33. The van der Waals surface area contributed by atoms with Crippen molar-refractivity contribution in [3.05, 3.63) is 47.7 Å². The Morgan fingerprint density at radius 1 is 1.25 bits per heavy atom. The van der Waals surface area contributed by atoms with E-state index in [-0.39, 0.29) is 0 Å². The number of methoxy groups -OCH3 is 2. The van der Waals surface area contributed by atoms with Crippen molar-refractivity contribution in [2.75, 3.05) is 14.2 Å². The molecule has 0 saturated heterocycles. The number of fused-ring (bicyclic) bond motifs is 1. The third-order valence-corrected chi connectivity index (χ3v) is 3.63. The average molecular weight is 327 g/mol. The summed E-state index contributed by atoms with van der Waals surface area (Å²) in [5, 5.41) is 5.06. The Kier molecular flexibility index (Phi) is 4.30. The zero-order valence-electron chi connectivity index (χ0n) is 13.3. The molecule has 2 heterocycles. The van der Waals surface area contributed by atoms with Gasteiger partial charge in [-0.05, 0) is 23.8 Å². The first-order valence-electron chi connectivity index (χ1n) is 7.20. The van der Waals surface area contributed by atoms with Gasteiger partial charge >= 0.3 is 0 Å². The second-order valence-electron chi connectivity index (χ2n) is 5.08. The number of hydrogen-bond acceptors (Lipinski definition) is 6. The fourth-order valence-corrected chi connectivity index (χ4v) is 2.40. The molecule has 0 unspecified atom stereocenters. The number of carbonyl (C=O) groups is 1. The minimum Gasteiger partial charge on any atom is -0.497 e. The quantitative estimate of drug-likeness (QED) is 0.413. The molecule has 3 N–H and O–H groups in total. The number of hydrogen-bond donors (Lipinski definition) is 2. The zero-order valence-corrected chi connectivity index (χ0v) is 13.3. The third kappa shape index (κ3) is 2.86. The van der Waals surface area contributed by atoms with Gasteiger partial charge in [-0.2, -0.15) is 0 Å². The van der Waals surface area contributed by atoms with Crippen molar-refractivity contribution in [3.8, 4) is 11.6 Å². The van der Waals surface area contributed by atoms with Crippen molar-refractivity contribution in [2.24, 2.45) is 5.84 Å². The molecule has 0 bridgehead atoms. The maximum atomic E-state index is 11.7. The van der Waals surface area contributed by atoms with Gasteiger partial charge in [0.25, 0.3) is 5.91 Å². The van der Waals surface area contributed by atoms with Gasteiger partial charge in [-0.1, -0.05) is 12.1 Å². The summed E-state index contributed by atoms with van der Waals surface area (Å²) >= 11 is 0. The van der Waals surface area contributed by atoms with Crippen LogP contribution in [-0.2, 0) is 6.54 Å². The maximum absolute atomic E-state index is 11.7. The van der Waals surface area contributed by atoms with Crippen LogP contribution in [-0.4, -0.2) is 34.9 Å². The molecule has 0 aliphatic rings. The van der Waals surface area contributed by atoms with Crippen molar-refractivity contribution in [3.63, 3.8) is 0 Å². The van der Waals surface area contributed by atoms with Crippen molar-refractivity contribution in [1.29, 1.82) is 0 Å². The van der Waals surface area contributed by atoms with Crippen LogP contribution in [0.25, 0.3) is 11.0 Å². The lowest BCUT2D eigenvalue weighted by atomic mass is 10.2. The van der Waals surface area contributed by atoms with E-state index in [1.54, 1.807) is 17.9 Å². The molecule has 124 valence electrons. The van der Waals surface area contributed by atoms with Crippen LogP contribution in [0.2, 0.25) is 0 Å². The Morgan fingerprint density at radius 3 is 2.62 bits per heavy atom. The summed E-state index contributed by atoms with van der Waals surface area (Å²) < 4.78 is 12.2. The first-order valence-corrected chi connectivity index (χ1v) is 7.20. The van der Waals surface area contributed by atoms with Gasteiger partial charge in [-0.25, -0.2) is 15.5 Å². The number of nitrogens with two attached hydrogens (primary N) is 1. The molecule has 1 amide bonds. The van der Waals surface area contributed by atoms with Crippen LogP contribution in [0.5, 0.6) is 11.6 Å². The molecule has 0 radical (unpaired) electrons. The van der Waals surface area contributed by atoms with E-state index in [2.05, 4.69) is 15.5 Å². The highest BCUT2D eigenvalue weighted by Crippen LogP contribution is 2.25. The van der Waals surface area contributed by atoms with Crippen LogP contribution in [0.4, 0.5) is 0 Å². The Balaban J connectivity index is 1.99. The number of nitrogens with one attached hydrogen (secondary N) is 1. The second kappa shape index (κ2) is 6.55. The molecule has 1 aromatic carbocycles. The Bertz CT molecular complexity index is 873. The maximum Gasteiger partial charge on any atom is 0.266 e. The number of pyridine rings is 1. The van der Waals surface area contributed by atoms with Gasteiger partial charge in [0, 0.05) is 6.20 Å². The van der Waals surface area contributed by atoms with Crippen molar-refractivity contribution < 1.29 is 14.3 Å². The van der Waals surface area contributed by atoms with E-state index in [4.69, 9.17) is 15.3 Å². The molecule has 0 atom stereocenters. The number of hydrazine groups is 1. The lowest BCUT2D eigenvalue weighted by Gasteiger charge is -2.05.